The number of methoxy groups -OCH3 is 2. The molecule has 0 bridgehead atoms. The van der Waals surface area contributed by atoms with Gasteiger partial charge in [-0.1, -0.05) is 24.3 Å². The van der Waals surface area contributed by atoms with Crippen molar-refractivity contribution >= 4 is 27.6 Å². The standard InChI is InChI=1S/C25H22N4O6S/c1-33-22-16-23(34-2)28-25(27-22)29-36(31,32)21-13-11-18(12-14-21)26-24(30)17-7-6-10-20(15-17)35-19-8-4-3-5-9-19/h3-16H,1-2H3,(H,26,30)(H,27,28,29). The fraction of sp³-hybridized carbons (Fsp3) is 0.0800. The van der Waals surface area contributed by atoms with E-state index in [1.54, 1.807) is 24.3 Å². The van der Waals surface area contributed by atoms with Crippen LogP contribution in [-0.2, 0) is 10.0 Å². The summed E-state index contributed by atoms with van der Waals surface area (Å²) in [6.07, 6.45) is 0. The lowest BCUT2D eigenvalue weighted by Crippen LogP contribution is -2.16. The number of aromatic nitrogens is 2. The van der Waals surface area contributed by atoms with Crippen LogP contribution in [-0.4, -0.2) is 38.5 Å². The summed E-state index contributed by atoms with van der Waals surface area (Å²) in [6, 6.07) is 23.0. The molecular formula is C25H22N4O6S. The number of amides is 1. The Balaban J connectivity index is 1.44. The average molecular weight is 507 g/mol. The molecule has 0 radical (unpaired) electrons. The van der Waals surface area contributed by atoms with Gasteiger partial charge in [0.05, 0.1) is 25.2 Å². The van der Waals surface area contributed by atoms with E-state index in [4.69, 9.17) is 14.2 Å². The van der Waals surface area contributed by atoms with Crippen LogP contribution in [0.15, 0.2) is 89.8 Å². The van der Waals surface area contributed by atoms with Crippen LogP contribution in [0.4, 0.5) is 11.6 Å². The Morgan fingerprint density at radius 3 is 2.06 bits per heavy atom. The third kappa shape index (κ3) is 6.07. The van der Waals surface area contributed by atoms with Crippen molar-refractivity contribution < 1.29 is 27.4 Å². The lowest BCUT2D eigenvalue weighted by Gasteiger charge is -2.11. The number of hydrogen-bond acceptors (Lipinski definition) is 8. The van der Waals surface area contributed by atoms with Crippen molar-refractivity contribution in [1.29, 1.82) is 0 Å². The third-order valence-electron chi connectivity index (χ3n) is 4.82. The van der Waals surface area contributed by atoms with E-state index in [0.717, 1.165) is 0 Å². The minimum Gasteiger partial charge on any atom is -0.481 e. The third-order valence-corrected chi connectivity index (χ3v) is 6.16. The summed E-state index contributed by atoms with van der Waals surface area (Å²) < 4.78 is 43.7. The molecule has 36 heavy (non-hydrogen) atoms. The number of sulfonamides is 1. The van der Waals surface area contributed by atoms with Gasteiger partial charge in [-0.15, -0.1) is 0 Å². The highest BCUT2D eigenvalue weighted by Crippen LogP contribution is 2.24. The number of rotatable bonds is 9. The van der Waals surface area contributed by atoms with Crippen LogP contribution in [0.1, 0.15) is 10.4 Å². The summed E-state index contributed by atoms with van der Waals surface area (Å²) in [5, 5.41) is 2.74. The van der Waals surface area contributed by atoms with Crippen LogP contribution in [0.5, 0.6) is 23.3 Å². The molecule has 0 saturated heterocycles. The number of carbonyl (C=O) groups is 1. The van der Waals surface area contributed by atoms with Gasteiger partial charge >= 0.3 is 0 Å². The Labute approximate surface area is 207 Å². The van der Waals surface area contributed by atoms with Gasteiger partial charge in [-0.05, 0) is 54.6 Å². The fourth-order valence-electron chi connectivity index (χ4n) is 3.08. The van der Waals surface area contributed by atoms with E-state index in [1.165, 1.54) is 44.6 Å². The maximum Gasteiger partial charge on any atom is 0.264 e. The molecule has 10 nitrogen and oxygen atoms in total. The molecule has 184 valence electrons. The molecule has 0 unspecified atom stereocenters. The molecule has 2 N–H and O–H groups in total. The Kier molecular flexibility index (Phi) is 7.31. The largest absolute Gasteiger partial charge is 0.481 e. The molecule has 1 aromatic heterocycles. The molecule has 4 rings (SSSR count). The molecule has 0 aliphatic rings. The van der Waals surface area contributed by atoms with Gasteiger partial charge in [0.15, 0.2) is 0 Å². The summed E-state index contributed by atoms with van der Waals surface area (Å²) in [5.74, 6) is 0.850. The summed E-state index contributed by atoms with van der Waals surface area (Å²) in [7, 11) is -1.23. The van der Waals surface area contributed by atoms with Crippen LogP contribution in [0.25, 0.3) is 0 Å². The first kappa shape index (κ1) is 24.5. The maximum absolute atomic E-state index is 12.8. The first-order valence-electron chi connectivity index (χ1n) is 10.6. The summed E-state index contributed by atoms with van der Waals surface area (Å²) in [6.45, 7) is 0. The van der Waals surface area contributed by atoms with Gasteiger partial charge in [-0.25, -0.2) is 13.1 Å². The summed E-state index contributed by atoms with van der Waals surface area (Å²) in [4.78, 5) is 20.6. The maximum atomic E-state index is 12.8. The molecule has 0 fully saturated rings. The molecule has 3 aromatic carbocycles. The van der Waals surface area contributed by atoms with Gasteiger partial charge in [0.25, 0.3) is 15.9 Å². The second kappa shape index (κ2) is 10.7. The predicted octanol–water partition coefficient (Wildman–Crippen LogP) is 4.34. The molecule has 1 amide bonds. The highest BCUT2D eigenvalue weighted by atomic mass is 32.2. The minimum atomic E-state index is -4.01. The highest BCUT2D eigenvalue weighted by molar-refractivity contribution is 7.92. The monoisotopic (exact) mass is 506 g/mol. The van der Waals surface area contributed by atoms with Gasteiger partial charge < -0.3 is 19.5 Å². The first-order valence-corrected chi connectivity index (χ1v) is 12.1. The van der Waals surface area contributed by atoms with Crippen LogP contribution >= 0.6 is 0 Å². The molecule has 11 heteroatoms. The Hall–Kier alpha value is -4.64. The van der Waals surface area contributed by atoms with Crippen LogP contribution in [0.2, 0.25) is 0 Å². The van der Waals surface area contributed by atoms with E-state index < -0.39 is 10.0 Å². The summed E-state index contributed by atoms with van der Waals surface area (Å²) >= 11 is 0. The number of benzene rings is 3. The average Bonchev–Trinajstić information content (AvgIpc) is 2.89. The van der Waals surface area contributed by atoms with Gasteiger partial charge in [-0.2, -0.15) is 9.97 Å². The Morgan fingerprint density at radius 2 is 1.42 bits per heavy atom. The van der Waals surface area contributed by atoms with Gasteiger partial charge in [0, 0.05) is 11.3 Å². The SMILES string of the molecule is COc1cc(OC)nc(NS(=O)(=O)c2ccc(NC(=O)c3cccc(Oc4ccccc4)c3)cc2)n1. The molecule has 0 saturated carbocycles. The zero-order valence-electron chi connectivity index (χ0n) is 19.3. The van der Waals surface area contributed by atoms with Crippen LogP contribution in [0, 0.1) is 0 Å². The second-order valence-corrected chi connectivity index (χ2v) is 8.99. The van der Waals surface area contributed by atoms with E-state index in [-0.39, 0.29) is 28.5 Å². The van der Waals surface area contributed by atoms with Gasteiger partial charge in [-0.3, -0.25) is 4.79 Å². The fourth-order valence-corrected chi connectivity index (χ4v) is 4.03. The topological polar surface area (TPSA) is 129 Å². The van der Waals surface area contributed by atoms with E-state index in [0.29, 0.717) is 22.7 Å². The smallest absolute Gasteiger partial charge is 0.264 e. The van der Waals surface area contributed by atoms with Crippen molar-refractivity contribution in [2.24, 2.45) is 0 Å². The number of nitrogens with one attached hydrogen (secondary N) is 2. The van der Waals surface area contributed by atoms with E-state index in [2.05, 4.69) is 20.0 Å². The zero-order valence-corrected chi connectivity index (χ0v) is 20.2. The highest BCUT2D eigenvalue weighted by Gasteiger charge is 2.18. The lowest BCUT2D eigenvalue weighted by atomic mass is 10.2. The molecule has 0 spiro atoms. The Bertz CT molecular complexity index is 1440. The number of carbonyl (C=O) groups excluding carboxylic acids is 1. The second-order valence-electron chi connectivity index (χ2n) is 7.30. The zero-order chi connectivity index (χ0) is 25.5. The molecule has 0 aliphatic heterocycles. The number of para-hydroxylation sites is 1. The minimum absolute atomic E-state index is 0.0517. The Morgan fingerprint density at radius 1 is 0.778 bits per heavy atom. The van der Waals surface area contributed by atoms with Crippen molar-refractivity contribution in [2.45, 2.75) is 4.90 Å². The van der Waals surface area contributed by atoms with E-state index in [9.17, 15) is 13.2 Å². The van der Waals surface area contributed by atoms with Crippen LogP contribution < -0.4 is 24.2 Å². The van der Waals surface area contributed by atoms with E-state index in [1.807, 2.05) is 30.3 Å². The normalized spacial score (nSPS) is 10.8. The number of hydrogen-bond donors (Lipinski definition) is 2. The van der Waals surface area contributed by atoms with Gasteiger partial charge in [0.2, 0.25) is 17.7 Å². The molecule has 4 aromatic rings. The summed E-state index contributed by atoms with van der Waals surface area (Å²) in [5.41, 5.74) is 0.790. The number of ether oxygens (including phenoxy) is 3. The van der Waals surface area contributed by atoms with Crippen molar-refractivity contribution in [3.63, 3.8) is 0 Å². The molecular weight excluding hydrogens is 484 g/mol. The van der Waals surface area contributed by atoms with E-state index >= 15 is 0 Å². The molecule has 1 heterocycles. The lowest BCUT2D eigenvalue weighted by molar-refractivity contribution is 0.102. The van der Waals surface area contributed by atoms with Gasteiger partial charge in [0.1, 0.15) is 11.5 Å². The van der Waals surface area contributed by atoms with Crippen LogP contribution in [0.3, 0.4) is 0 Å². The van der Waals surface area contributed by atoms with Crippen molar-refractivity contribution in [2.75, 3.05) is 24.3 Å². The van der Waals surface area contributed by atoms with Crippen molar-refractivity contribution in [3.8, 4) is 23.3 Å². The number of nitrogens with zero attached hydrogens (tertiary/aromatic N) is 2. The first-order chi connectivity index (χ1) is 17.4. The van der Waals surface area contributed by atoms with Crippen molar-refractivity contribution in [3.05, 3.63) is 90.5 Å². The molecule has 0 aliphatic carbocycles. The quantitative estimate of drug-likeness (QED) is 0.343. The van der Waals surface area contributed by atoms with Crippen molar-refractivity contribution in [1.82, 2.24) is 9.97 Å². The molecule has 0 atom stereocenters. The number of anilines is 2. The predicted molar refractivity (Wildman–Crippen MR) is 133 cm³/mol.